The van der Waals surface area contributed by atoms with Gasteiger partial charge in [-0.2, -0.15) is 0 Å². The van der Waals surface area contributed by atoms with Crippen molar-refractivity contribution in [3.63, 3.8) is 0 Å². The maximum absolute atomic E-state index is 13.3. The number of hydrogen-bond acceptors (Lipinski definition) is 3. The van der Waals surface area contributed by atoms with Crippen LogP contribution in [0.3, 0.4) is 0 Å². The maximum Gasteiger partial charge on any atom is 0.257 e. The van der Waals surface area contributed by atoms with Crippen molar-refractivity contribution >= 4 is 39.3 Å². The van der Waals surface area contributed by atoms with Crippen LogP contribution in [0.4, 0.5) is 5.69 Å². The number of imide groups is 1. The van der Waals surface area contributed by atoms with E-state index in [0.29, 0.717) is 5.69 Å². The third-order valence-corrected chi connectivity index (χ3v) is 5.96. The lowest BCUT2D eigenvalue weighted by Crippen LogP contribution is -2.56. The van der Waals surface area contributed by atoms with Crippen LogP contribution < -0.4 is 4.90 Å². The van der Waals surface area contributed by atoms with Gasteiger partial charge in [-0.05, 0) is 57.9 Å². The minimum Gasteiger partial charge on any atom is -0.325 e. The fourth-order valence-electron chi connectivity index (χ4n) is 4.18. The SMILES string of the molecule is CC(C)(C)N(C(=O)C1CCCCC1)C1CC(=O)N(c2ccc(Br)cc2)C1=O. The molecule has 0 bridgehead atoms. The lowest BCUT2D eigenvalue weighted by Gasteiger charge is -2.41. The predicted octanol–water partition coefficient (Wildman–Crippen LogP) is 4.29. The van der Waals surface area contributed by atoms with Gasteiger partial charge in [-0.15, -0.1) is 0 Å². The summed E-state index contributed by atoms with van der Waals surface area (Å²) in [5, 5.41) is 0. The van der Waals surface area contributed by atoms with E-state index in [0.717, 1.165) is 36.6 Å². The fourth-order valence-corrected chi connectivity index (χ4v) is 4.44. The molecule has 1 aliphatic heterocycles. The van der Waals surface area contributed by atoms with Gasteiger partial charge in [0.2, 0.25) is 11.8 Å². The van der Waals surface area contributed by atoms with Gasteiger partial charge in [0.1, 0.15) is 6.04 Å². The molecule has 1 aromatic carbocycles. The summed E-state index contributed by atoms with van der Waals surface area (Å²) in [7, 11) is 0. The Kier molecular flexibility index (Phi) is 5.75. The summed E-state index contributed by atoms with van der Waals surface area (Å²) < 4.78 is 0.880. The molecule has 0 aromatic heterocycles. The van der Waals surface area contributed by atoms with Crippen molar-refractivity contribution in [3.05, 3.63) is 28.7 Å². The minimum atomic E-state index is -0.726. The molecule has 2 fully saturated rings. The molecule has 0 N–H and O–H groups in total. The molecule has 3 amide bonds. The summed E-state index contributed by atoms with van der Waals surface area (Å²) >= 11 is 3.37. The van der Waals surface area contributed by atoms with Crippen molar-refractivity contribution in [1.29, 1.82) is 0 Å². The highest BCUT2D eigenvalue weighted by molar-refractivity contribution is 9.10. The average Bonchev–Trinajstić information content (AvgIpc) is 2.90. The summed E-state index contributed by atoms with van der Waals surface area (Å²) in [6.07, 6.45) is 5.06. The Labute approximate surface area is 169 Å². The topological polar surface area (TPSA) is 57.7 Å². The van der Waals surface area contributed by atoms with E-state index >= 15 is 0 Å². The second-order valence-electron chi connectivity index (χ2n) is 8.48. The highest BCUT2D eigenvalue weighted by Crippen LogP contribution is 2.34. The number of halogens is 1. The van der Waals surface area contributed by atoms with Crippen LogP contribution in [0.15, 0.2) is 28.7 Å². The van der Waals surface area contributed by atoms with Gasteiger partial charge in [0, 0.05) is 15.9 Å². The van der Waals surface area contributed by atoms with Gasteiger partial charge in [-0.3, -0.25) is 14.4 Å². The van der Waals surface area contributed by atoms with Crippen LogP contribution in [0.1, 0.15) is 59.3 Å². The molecule has 6 heteroatoms. The highest BCUT2D eigenvalue weighted by atomic mass is 79.9. The Morgan fingerprint density at radius 1 is 1.07 bits per heavy atom. The third-order valence-electron chi connectivity index (χ3n) is 5.43. The van der Waals surface area contributed by atoms with Crippen molar-refractivity contribution in [2.45, 2.75) is 70.9 Å². The Hall–Kier alpha value is -1.69. The largest absolute Gasteiger partial charge is 0.325 e. The molecule has 1 aliphatic carbocycles. The zero-order valence-corrected chi connectivity index (χ0v) is 17.8. The Balaban J connectivity index is 1.89. The van der Waals surface area contributed by atoms with Crippen molar-refractivity contribution < 1.29 is 14.4 Å². The van der Waals surface area contributed by atoms with Crippen molar-refractivity contribution in [1.82, 2.24) is 4.90 Å². The van der Waals surface area contributed by atoms with Gasteiger partial charge in [-0.1, -0.05) is 35.2 Å². The zero-order valence-electron chi connectivity index (χ0n) is 16.2. The first-order chi connectivity index (χ1) is 12.7. The van der Waals surface area contributed by atoms with E-state index in [2.05, 4.69) is 15.9 Å². The second-order valence-corrected chi connectivity index (χ2v) is 9.39. The molecular weight excluding hydrogens is 408 g/mol. The van der Waals surface area contributed by atoms with E-state index in [9.17, 15) is 14.4 Å². The van der Waals surface area contributed by atoms with Crippen LogP contribution >= 0.6 is 15.9 Å². The summed E-state index contributed by atoms with van der Waals surface area (Å²) in [5.74, 6) is -0.576. The normalized spacial score (nSPS) is 21.6. The molecule has 0 radical (unpaired) electrons. The Morgan fingerprint density at radius 3 is 2.22 bits per heavy atom. The molecule has 1 saturated carbocycles. The summed E-state index contributed by atoms with van der Waals surface area (Å²) in [4.78, 5) is 42.1. The quantitative estimate of drug-likeness (QED) is 0.666. The molecule has 146 valence electrons. The standard InChI is InChI=1S/C21H27BrN2O3/c1-21(2,3)24(19(26)14-7-5-4-6-8-14)17-13-18(25)23(20(17)27)16-11-9-15(22)10-12-16/h9-12,14,17H,4-8,13H2,1-3H3. The van der Waals surface area contributed by atoms with Crippen LogP contribution in [0, 0.1) is 5.92 Å². The molecule has 1 saturated heterocycles. The van der Waals surface area contributed by atoms with Gasteiger partial charge in [-0.25, -0.2) is 4.90 Å². The van der Waals surface area contributed by atoms with Crippen LogP contribution in [0.2, 0.25) is 0 Å². The molecule has 3 rings (SSSR count). The fraction of sp³-hybridized carbons (Fsp3) is 0.571. The predicted molar refractivity (Wildman–Crippen MR) is 108 cm³/mol. The molecule has 1 unspecified atom stereocenters. The lowest BCUT2D eigenvalue weighted by atomic mass is 9.86. The van der Waals surface area contributed by atoms with E-state index in [1.807, 2.05) is 20.8 Å². The number of nitrogens with zero attached hydrogens (tertiary/aromatic N) is 2. The highest BCUT2D eigenvalue weighted by Gasteiger charge is 2.48. The van der Waals surface area contributed by atoms with E-state index in [1.54, 1.807) is 29.2 Å². The Bertz CT molecular complexity index is 733. The molecular formula is C21H27BrN2O3. The van der Waals surface area contributed by atoms with Crippen LogP contribution in [-0.4, -0.2) is 34.2 Å². The number of carbonyl (C=O) groups is 3. The Morgan fingerprint density at radius 2 is 1.67 bits per heavy atom. The molecule has 1 aromatic rings. The molecule has 5 nitrogen and oxygen atoms in total. The minimum absolute atomic E-state index is 0.0195. The number of carbonyl (C=O) groups excluding carboxylic acids is 3. The molecule has 27 heavy (non-hydrogen) atoms. The van der Waals surface area contributed by atoms with Crippen molar-refractivity contribution in [2.24, 2.45) is 5.92 Å². The van der Waals surface area contributed by atoms with Gasteiger partial charge < -0.3 is 4.90 Å². The summed E-state index contributed by atoms with van der Waals surface area (Å²) in [6, 6.07) is 6.37. The van der Waals surface area contributed by atoms with E-state index in [1.165, 1.54) is 4.90 Å². The third kappa shape index (κ3) is 4.10. The number of amides is 3. The lowest BCUT2D eigenvalue weighted by molar-refractivity contribution is -0.148. The monoisotopic (exact) mass is 434 g/mol. The van der Waals surface area contributed by atoms with Crippen molar-refractivity contribution in [2.75, 3.05) is 4.90 Å². The second kappa shape index (κ2) is 7.74. The first-order valence-corrected chi connectivity index (χ1v) is 10.4. The van der Waals surface area contributed by atoms with E-state index in [-0.39, 0.29) is 30.1 Å². The first-order valence-electron chi connectivity index (χ1n) is 9.65. The first kappa shape index (κ1) is 20.1. The van der Waals surface area contributed by atoms with Crippen LogP contribution in [-0.2, 0) is 14.4 Å². The van der Waals surface area contributed by atoms with Crippen LogP contribution in [0.5, 0.6) is 0 Å². The van der Waals surface area contributed by atoms with Gasteiger partial charge >= 0.3 is 0 Å². The van der Waals surface area contributed by atoms with E-state index in [4.69, 9.17) is 0 Å². The maximum atomic E-state index is 13.3. The van der Waals surface area contributed by atoms with E-state index < -0.39 is 11.6 Å². The number of rotatable bonds is 3. The number of anilines is 1. The van der Waals surface area contributed by atoms with Gasteiger partial charge in [0.25, 0.3) is 5.91 Å². The summed E-state index contributed by atoms with van der Waals surface area (Å²) in [6.45, 7) is 5.81. The van der Waals surface area contributed by atoms with Crippen LogP contribution in [0.25, 0.3) is 0 Å². The number of benzene rings is 1. The zero-order chi connectivity index (χ0) is 19.8. The van der Waals surface area contributed by atoms with Gasteiger partial charge in [0.05, 0.1) is 12.1 Å². The number of hydrogen-bond donors (Lipinski definition) is 0. The molecule has 0 spiro atoms. The molecule has 1 atom stereocenters. The molecule has 1 heterocycles. The summed E-state index contributed by atoms with van der Waals surface area (Å²) in [5.41, 5.74) is 0.0277. The van der Waals surface area contributed by atoms with Gasteiger partial charge in [0.15, 0.2) is 0 Å². The molecule has 2 aliphatic rings. The average molecular weight is 435 g/mol. The smallest absolute Gasteiger partial charge is 0.257 e. The van der Waals surface area contributed by atoms with Crippen molar-refractivity contribution in [3.8, 4) is 0 Å².